The Kier molecular flexibility index (Phi) is 7.61. The van der Waals surface area contributed by atoms with Crippen LogP contribution in [0.5, 0.6) is 0 Å². The van der Waals surface area contributed by atoms with E-state index in [1.54, 1.807) is 0 Å². The van der Waals surface area contributed by atoms with Crippen LogP contribution in [0.2, 0.25) is 0 Å². The molecule has 0 atom stereocenters. The Balaban J connectivity index is 1.89. The second-order valence-electron chi connectivity index (χ2n) is 6.52. The molecule has 0 radical (unpaired) electrons. The maximum absolute atomic E-state index is 12.2. The summed E-state index contributed by atoms with van der Waals surface area (Å²) in [5.41, 5.74) is 2.81. The Bertz CT molecular complexity index is 692. The molecule has 0 saturated heterocycles. The number of rotatable bonds is 9. The van der Waals surface area contributed by atoms with Crippen LogP contribution in [-0.4, -0.2) is 43.2 Å². The van der Waals surface area contributed by atoms with Crippen molar-refractivity contribution in [3.8, 4) is 0 Å². The van der Waals surface area contributed by atoms with E-state index in [9.17, 15) is 4.79 Å². The van der Waals surface area contributed by atoms with Gasteiger partial charge in [0.05, 0.1) is 25.2 Å². The summed E-state index contributed by atoms with van der Waals surface area (Å²) in [5, 5.41) is 0. The highest BCUT2D eigenvalue weighted by Crippen LogP contribution is 2.11. The highest BCUT2D eigenvalue weighted by molar-refractivity contribution is 5.89. The quantitative estimate of drug-likeness (QED) is 0.365. The molecule has 0 aliphatic carbocycles. The lowest BCUT2D eigenvalue weighted by atomic mass is 10.1. The second kappa shape index (κ2) is 9.93. The number of likely N-dealkylation sites (N-methyl/N-ethyl adjacent to an activating group) is 1. The Hall–Kier alpha value is -2.39. The van der Waals surface area contributed by atoms with Crippen LogP contribution in [0, 0.1) is 0 Å². The number of nitrogens with zero attached hydrogens (tertiary/aromatic N) is 1. The monoisotopic (exact) mass is 352 g/mol. The zero-order valence-electron chi connectivity index (χ0n) is 16.2. The smallest absolute Gasteiger partial charge is 0.338 e. The van der Waals surface area contributed by atoms with Crippen LogP contribution >= 0.6 is 0 Å². The molecule has 0 saturated carbocycles. The van der Waals surface area contributed by atoms with Crippen LogP contribution in [0.15, 0.2) is 54.6 Å². The number of carbonyl (C=O) groups is 1. The van der Waals surface area contributed by atoms with E-state index in [-0.39, 0.29) is 5.97 Å². The van der Waals surface area contributed by atoms with Crippen LogP contribution < -0.4 is 0 Å². The summed E-state index contributed by atoms with van der Waals surface area (Å²) >= 11 is 0. The third-order valence-electron chi connectivity index (χ3n) is 5.23. The Morgan fingerprint density at radius 2 is 1.38 bits per heavy atom. The predicted molar refractivity (Wildman–Crippen MR) is 109 cm³/mol. The van der Waals surface area contributed by atoms with Gasteiger partial charge >= 0.3 is 5.97 Å². The van der Waals surface area contributed by atoms with Gasteiger partial charge in [-0.3, -0.25) is 0 Å². The number of ether oxygens (including phenoxy) is 1. The lowest BCUT2D eigenvalue weighted by Gasteiger charge is -2.35. The van der Waals surface area contributed by atoms with Crippen molar-refractivity contribution in [1.82, 2.24) is 0 Å². The van der Waals surface area contributed by atoms with Gasteiger partial charge in [-0.05, 0) is 44.0 Å². The molecule has 0 aliphatic rings. The van der Waals surface area contributed by atoms with Gasteiger partial charge in [0.1, 0.15) is 13.2 Å². The first-order valence-electron chi connectivity index (χ1n) is 9.48. The van der Waals surface area contributed by atoms with E-state index in [1.807, 2.05) is 48.5 Å². The van der Waals surface area contributed by atoms with Crippen LogP contribution in [0.25, 0.3) is 12.2 Å². The molecule has 2 aromatic rings. The molecule has 3 nitrogen and oxygen atoms in total. The van der Waals surface area contributed by atoms with E-state index in [4.69, 9.17) is 4.74 Å². The van der Waals surface area contributed by atoms with E-state index in [1.165, 1.54) is 0 Å². The first-order chi connectivity index (χ1) is 12.6. The molecule has 0 amide bonds. The SMILES string of the molecule is CC[N+](CC)(CC)CCOC(=O)c1ccc(C=Cc2ccccc2)cc1. The summed E-state index contributed by atoms with van der Waals surface area (Å²) in [6.45, 7) is 11.1. The number of hydrogen-bond acceptors (Lipinski definition) is 2. The van der Waals surface area contributed by atoms with Crippen molar-refractivity contribution in [2.45, 2.75) is 20.8 Å². The molecule has 0 aliphatic heterocycles. The van der Waals surface area contributed by atoms with Gasteiger partial charge in [-0.25, -0.2) is 4.79 Å². The summed E-state index contributed by atoms with van der Waals surface area (Å²) in [7, 11) is 0. The number of hydrogen-bond donors (Lipinski definition) is 0. The summed E-state index contributed by atoms with van der Waals surface area (Å²) in [5.74, 6) is -0.245. The molecular formula is C23H30NO2+. The lowest BCUT2D eigenvalue weighted by molar-refractivity contribution is -0.923. The molecule has 0 spiro atoms. The van der Waals surface area contributed by atoms with E-state index >= 15 is 0 Å². The van der Waals surface area contributed by atoms with E-state index in [0.717, 1.165) is 41.8 Å². The first-order valence-corrected chi connectivity index (χ1v) is 9.48. The summed E-state index contributed by atoms with van der Waals surface area (Å²) in [6.07, 6.45) is 4.10. The molecular weight excluding hydrogens is 322 g/mol. The number of esters is 1. The molecule has 2 aromatic carbocycles. The molecule has 0 heterocycles. The van der Waals surface area contributed by atoms with Crippen molar-refractivity contribution in [3.63, 3.8) is 0 Å². The van der Waals surface area contributed by atoms with Crippen molar-refractivity contribution in [2.75, 3.05) is 32.8 Å². The van der Waals surface area contributed by atoms with Gasteiger partial charge in [0.15, 0.2) is 0 Å². The summed E-state index contributed by atoms with van der Waals surface area (Å²) in [6, 6.07) is 17.7. The third kappa shape index (κ3) is 5.57. The van der Waals surface area contributed by atoms with Gasteiger partial charge in [-0.15, -0.1) is 0 Å². The molecule has 2 rings (SSSR count). The standard InChI is InChI=1S/C23H30NO2/c1-4-24(5-2,6-3)18-19-26-23(25)22-16-14-21(15-17-22)13-12-20-10-8-7-9-11-20/h7-17H,4-6,18-19H2,1-3H3/q+1. The predicted octanol–water partition coefficient (Wildman–Crippen LogP) is 4.89. The minimum atomic E-state index is -0.245. The Labute approximate surface area is 157 Å². The van der Waals surface area contributed by atoms with Crippen molar-refractivity contribution in [2.24, 2.45) is 0 Å². The number of carbonyl (C=O) groups excluding carboxylic acids is 1. The topological polar surface area (TPSA) is 26.3 Å². The second-order valence-corrected chi connectivity index (χ2v) is 6.52. The maximum atomic E-state index is 12.2. The largest absolute Gasteiger partial charge is 0.456 e. The van der Waals surface area contributed by atoms with Gasteiger partial charge in [0.25, 0.3) is 0 Å². The summed E-state index contributed by atoms with van der Waals surface area (Å²) < 4.78 is 6.47. The average molecular weight is 352 g/mol. The zero-order chi connectivity index (χ0) is 18.8. The molecule has 0 aromatic heterocycles. The molecule has 0 N–H and O–H groups in total. The zero-order valence-corrected chi connectivity index (χ0v) is 16.2. The van der Waals surface area contributed by atoms with Crippen molar-refractivity contribution >= 4 is 18.1 Å². The van der Waals surface area contributed by atoms with Crippen LogP contribution in [0.3, 0.4) is 0 Å². The average Bonchev–Trinajstić information content (AvgIpc) is 2.71. The maximum Gasteiger partial charge on any atom is 0.338 e. The van der Waals surface area contributed by atoms with Gasteiger partial charge in [-0.2, -0.15) is 0 Å². The summed E-state index contributed by atoms with van der Waals surface area (Å²) in [4.78, 5) is 12.2. The molecule has 0 unspecified atom stereocenters. The Morgan fingerprint density at radius 1 is 0.846 bits per heavy atom. The van der Waals surface area contributed by atoms with Gasteiger partial charge in [0, 0.05) is 0 Å². The molecule has 138 valence electrons. The molecule has 3 heteroatoms. The fraction of sp³-hybridized carbons (Fsp3) is 0.348. The molecule has 0 bridgehead atoms. The van der Waals surface area contributed by atoms with Gasteiger partial charge < -0.3 is 9.22 Å². The molecule has 0 fully saturated rings. The number of benzene rings is 2. The highest BCUT2D eigenvalue weighted by atomic mass is 16.5. The van der Waals surface area contributed by atoms with Crippen molar-refractivity contribution in [3.05, 3.63) is 71.3 Å². The van der Waals surface area contributed by atoms with Gasteiger partial charge in [-0.1, -0.05) is 54.6 Å². The normalized spacial score (nSPS) is 11.7. The minimum Gasteiger partial charge on any atom is -0.456 e. The Morgan fingerprint density at radius 3 is 1.92 bits per heavy atom. The van der Waals surface area contributed by atoms with Crippen molar-refractivity contribution < 1.29 is 14.0 Å². The number of quaternary nitrogens is 1. The first kappa shape index (κ1) is 19.9. The van der Waals surface area contributed by atoms with Crippen molar-refractivity contribution in [1.29, 1.82) is 0 Å². The fourth-order valence-electron chi connectivity index (χ4n) is 3.05. The van der Waals surface area contributed by atoms with Gasteiger partial charge in [0.2, 0.25) is 0 Å². The third-order valence-corrected chi connectivity index (χ3v) is 5.23. The van der Waals surface area contributed by atoms with Crippen LogP contribution in [0.1, 0.15) is 42.3 Å². The fourth-order valence-corrected chi connectivity index (χ4v) is 3.05. The minimum absolute atomic E-state index is 0.245. The highest BCUT2D eigenvalue weighted by Gasteiger charge is 2.21. The van der Waals surface area contributed by atoms with E-state index < -0.39 is 0 Å². The van der Waals surface area contributed by atoms with Crippen LogP contribution in [-0.2, 0) is 4.74 Å². The van der Waals surface area contributed by atoms with E-state index in [2.05, 4.69) is 39.0 Å². The van der Waals surface area contributed by atoms with E-state index in [0.29, 0.717) is 12.2 Å². The molecule has 26 heavy (non-hydrogen) atoms. The lowest BCUT2D eigenvalue weighted by Crippen LogP contribution is -2.49. The van der Waals surface area contributed by atoms with Crippen LogP contribution in [0.4, 0.5) is 0 Å².